The van der Waals surface area contributed by atoms with Crippen LogP contribution in [0, 0.1) is 10.1 Å². The quantitative estimate of drug-likeness (QED) is 0.635. The number of hydrogen-bond acceptors (Lipinski definition) is 7. The van der Waals surface area contributed by atoms with E-state index in [0.717, 1.165) is 0 Å². The molecule has 1 N–H and O–H groups in total. The molecule has 0 saturated heterocycles. The van der Waals surface area contributed by atoms with Crippen LogP contribution in [0.1, 0.15) is 6.92 Å². The van der Waals surface area contributed by atoms with Gasteiger partial charge in [-0.3, -0.25) is 15.1 Å². The molecule has 0 unspecified atom stereocenters. The first-order chi connectivity index (χ1) is 9.20. The molecule has 0 amide bonds. The van der Waals surface area contributed by atoms with Crippen molar-refractivity contribution in [3.63, 3.8) is 0 Å². The molecule has 2 rings (SSSR count). The molecule has 1 aliphatic rings. The summed E-state index contributed by atoms with van der Waals surface area (Å²) in [6.45, 7) is 2.31. The third-order valence-electron chi connectivity index (χ3n) is 2.35. The standard InChI is InChI=1S/C11H13N5O3/c1-2-19-10-5-9(16(17)18)6-14-15(7-10)11-3-4-12-8-13-11/h3-5,7-8,14H,2,6H2,1H3. The number of aromatic nitrogens is 2. The van der Waals surface area contributed by atoms with E-state index in [-0.39, 0.29) is 12.2 Å². The lowest BCUT2D eigenvalue weighted by Crippen LogP contribution is -2.35. The largest absolute Gasteiger partial charge is 0.492 e. The molecule has 0 saturated carbocycles. The van der Waals surface area contributed by atoms with Crippen LogP contribution in [0.3, 0.4) is 0 Å². The third kappa shape index (κ3) is 3.26. The average Bonchev–Trinajstić information content (AvgIpc) is 2.63. The van der Waals surface area contributed by atoms with Crippen LogP contribution < -0.4 is 10.4 Å². The Balaban J connectivity index is 2.27. The Morgan fingerprint density at radius 2 is 2.47 bits per heavy atom. The van der Waals surface area contributed by atoms with Crippen LogP contribution in [0.15, 0.2) is 42.3 Å². The van der Waals surface area contributed by atoms with Gasteiger partial charge in [-0.1, -0.05) is 0 Å². The van der Waals surface area contributed by atoms with E-state index in [0.29, 0.717) is 18.2 Å². The highest BCUT2D eigenvalue weighted by molar-refractivity contribution is 5.41. The SMILES string of the molecule is CCOC1=CN(c2ccncn2)NCC([N+](=O)[O-])=C1. The smallest absolute Gasteiger partial charge is 0.265 e. The Kier molecular flexibility index (Phi) is 4.04. The maximum Gasteiger partial charge on any atom is 0.265 e. The van der Waals surface area contributed by atoms with Crippen molar-refractivity contribution in [2.45, 2.75) is 6.92 Å². The molecular formula is C11H13N5O3. The van der Waals surface area contributed by atoms with Gasteiger partial charge in [-0.2, -0.15) is 0 Å². The van der Waals surface area contributed by atoms with E-state index in [9.17, 15) is 10.1 Å². The number of hydrazine groups is 1. The number of allylic oxidation sites excluding steroid dienone is 1. The van der Waals surface area contributed by atoms with E-state index >= 15 is 0 Å². The summed E-state index contributed by atoms with van der Waals surface area (Å²) in [6, 6.07) is 1.68. The normalized spacial score (nSPS) is 15.3. The maximum atomic E-state index is 10.9. The summed E-state index contributed by atoms with van der Waals surface area (Å²) in [5, 5.41) is 12.4. The predicted molar refractivity (Wildman–Crippen MR) is 67.3 cm³/mol. The van der Waals surface area contributed by atoms with Crippen LogP contribution in [-0.2, 0) is 4.74 Å². The first kappa shape index (κ1) is 13.0. The molecule has 0 bridgehead atoms. The number of nitrogens with one attached hydrogen (secondary N) is 1. The Morgan fingerprint density at radius 3 is 3.11 bits per heavy atom. The van der Waals surface area contributed by atoms with E-state index in [1.165, 1.54) is 12.4 Å². The second-order valence-corrected chi connectivity index (χ2v) is 3.63. The van der Waals surface area contributed by atoms with E-state index < -0.39 is 4.92 Å². The number of nitro groups is 1. The van der Waals surface area contributed by atoms with Gasteiger partial charge in [0.1, 0.15) is 24.4 Å². The van der Waals surface area contributed by atoms with Crippen LogP contribution in [0.5, 0.6) is 0 Å². The number of anilines is 1. The van der Waals surface area contributed by atoms with Crippen molar-refractivity contribution in [2.24, 2.45) is 0 Å². The van der Waals surface area contributed by atoms with E-state index in [4.69, 9.17) is 4.74 Å². The summed E-state index contributed by atoms with van der Waals surface area (Å²) >= 11 is 0. The summed E-state index contributed by atoms with van der Waals surface area (Å²) in [6.07, 6.45) is 6.00. The molecule has 1 aromatic heterocycles. The van der Waals surface area contributed by atoms with Crippen molar-refractivity contribution in [3.8, 4) is 0 Å². The molecule has 19 heavy (non-hydrogen) atoms. The Labute approximate surface area is 109 Å². The summed E-state index contributed by atoms with van der Waals surface area (Å²) < 4.78 is 5.35. The molecule has 0 spiro atoms. The fraction of sp³-hybridized carbons (Fsp3) is 0.273. The van der Waals surface area contributed by atoms with Crippen molar-refractivity contribution in [1.29, 1.82) is 0 Å². The van der Waals surface area contributed by atoms with Crippen LogP contribution in [0.2, 0.25) is 0 Å². The number of nitrogens with zero attached hydrogens (tertiary/aromatic N) is 4. The summed E-state index contributed by atoms with van der Waals surface area (Å²) in [5.74, 6) is 0.975. The van der Waals surface area contributed by atoms with E-state index in [1.807, 2.05) is 6.92 Å². The summed E-state index contributed by atoms with van der Waals surface area (Å²) in [4.78, 5) is 18.3. The lowest BCUT2D eigenvalue weighted by Gasteiger charge is -2.18. The number of ether oxygens (including phenoxy) is 1. The molecule has 8 nitrogen and oxygen atoms in total. The van der Waals surface area contributed by atoms with Crippen LogP contribution in [0.4, 0.5) is 5.82 Å². The predicted octanol–water partition coefficient (Wildman–Crippen LogP) is 0.840. The van der Waals surface area contributed by atoms with Crippen molar-refractivity contribution in [2.75, 3.05) is 18.2 Å². The van der Waals surface area contributed by atoms with Crippen LogP contribution in [0.25, 0.3) is 0 Å². The molecule has 1 aromatic rings. The average molecular weight is 263 g/mol. The highest BCUT2D eigenvalue weighted by atomic mass is 16.6. The topological polar surface area (TPSA) is 93.4 Å². The summed E-state index contributed by atoms with van der Waals surface area (Å²) in [7, 11) is 0. The van der Waals surface area contributed by atoms with E-state index in [2.05, 4.69) is 15.4 Å². The molecule has 0 radical (unpaired) electrons. The molecule has 0 aliphatic carbocycles. The lowest BCUT2D eigenvalue weighted by atomic mass is 10.4. The van der Waals surface area contributed by atoms with Crippen molar-refractivity contribution >= 4 is 5.82 Å². The molecular weight excluding hydrogens is 250 g/mol. The first-order valence-electron chi connectivity index (χ1n) is 5.69. The van der Waals surface area contributed by atoms with Gasteiger partial charge in [-0.05, 0) is 6.92 Å². The zero-order valence-electron chi connectivity index (χ0n) is 10.3. The third-order valence-corrected chi connectivity index (χ3v) is 2.35. The van der Waals surface area contributed by atoms with Crippen molar-refractivity contribution < 1.29 is 9.66 Å². The molecule has 0 atom stereocenters. The zero-order valence-corrected chi connectivity index (χ0v) is 10.3. The summed E-state index contributed by atoms with van der Waals surface area (Å²) in [5.41, 5.74) is 2.92. The second kappa shape index (κ2) is 5.91. The van der Waals surface area contributed by atoms with Gasteiger partial charge in [0.2, 0.25) is 0 Å². The Morgan fingerprint density at radius 1 is 1.63 bits per heavy atom. The van der Waals surface area contributed by atoms with Crippen molar-refractivity contribution in [1.82, 2.24) is 15.4 Å². The maximum absolute atomic E-state index is 10.9. The highest BCUT2D eigenvalue weighted by Gasteiger charge is 2.19. The van der Waals surface area contributed by atoms with Gasteiger partial charge in [-0.25, -0.2) is 15.4 Å². The molecule has 0 aromatic carbocycles. The van der Waals surface area contributed by atoms with Crippen molar-refractivity contribution in [3.05, 3.63) is 52.4 Å². The Hall–Kier alpha value is -2.48. The van der Waals surface area contributed by atoms with Gasteiger partial charge in [0.15, 0.2) is 0 Å². The lowest BCUT2D eigenvalue weighted by molar-refractivity contribution is -0.426. The minimum atomic E-state index is -0.441. The van der Waals surface area contributed by atoms with Gasteiger partial charge in [-0.15, -0.1) is 0 Å². The monoisotopic (exact) mass is 263 g/mol. The zero-order chi connectivity index (χ0) is 13.7. The van der Waals surface area contributed by atoms with Crippen LogP contribution >= 0.6 is 0 Å². The van der Waals surface area contributed by atoms with Gasteiger partial charge in [0.25, 0.3) is 5.70 Å². The second-order valence-electron chi connectivity index (χ2n) is 3.63. The fourth-order valence-corrected chi connectivity index (χ4v) is 1.53. The van der Waals surface area contributed by atoms with Crippen LogP contribution in [-0.4, -0.2) is 28.0 Å². The van der Waals surface area contributed by atoms with Gasteiger partial charge < -0.3 is 4.74 Å². The van der Waals surface area contributed by atoms with Gasteiger partial charge >= 0.3 is 0 Å². The molecule has 1 aliphatic heterocycles. The fourth-order valence-electron chi connectivity index (χ4n) is 1.53. The van der Waals surface area contributed by atoms with Gasteiger partial charge in [0, 0.05) is 12.3 Å². The highest BCUT2D eigenvalue weighted by Crippen LogP contribution is 2.14. The molecule has 100 valence electrons. The number of rotatable bonds is 4. The molecule has 0 fully saturated rings. The number of hydrogen-bond donors (Lipinski definition) is 1. The van der Waals surface area contributed by atoms with Gasteiger partial charge in [0.05, 0.1) is 23.8 Å². The Bertz CT molecular complexity index is 514. The molecule has 8 heteroatoms. The minimum absolute atomic E-state index is 0.0243. The molecule has 2 heterocycles. The first-order valence-corrected chi connectivity index (χ1v) is 5.69. The minimum Gasteiger partial charge on any atom is -0.492 e. The van der Waals surface area contributed by atoms with E-state index in [1.54, 1.807) is 23.5 Å².